The van der Waals surface area contributed by atoms with Crippen molar-refractivity contribution in [1.29, 1.82) is 0 Å². The summed E-state index contributed by atoms with van der Waals surface area (Å²) < 4.78 is 3.60. The fraction of sp³-hybridized carbons (Fsp3) is 0.769. The van der Waals surface area contributed by atoms with Crippen molar-refractivity contribution in [3.8, 4) is 0 Å². The lowest BCUT2D eigenvalue weighted by Crippen LogP contribution is -2.25. The van der Waals surface area contributed by atoms with Crippen LogP contribution in [0.25, 0.3) is 0 Å². The second kappa shape index (κ2) is 5.54. The summed E-state index contributed by atoms with van der Waals surface area (Å²) >= 11 is 0. The number of aromatic nitrogens is 2. The minimum absolute atomic E-state index is 0.121. The van der Waals surface area contributed by atoms with Gasteiger partial charge >= 0.3 is 5.69 Å². The molecule has 1 aliphatic carbocycles. The van der Waals surface area contributed by atoms with Crippen molar-refractivity contribution >= 4 is 0 Å². The van der Waals surface area contributed by atoms with Crippen LogP contribution in [0.15, 0.2) is 17.2 Å². The van der Waals surface area contributed by atoms with Crippen molar-refractivity contribution in [1.82, 2.24) is 14.5 Å². The van der Waals surface area contributed by atoms with Crippen LogP contribution in [0, 0.1) is 0 Å². The molecule has 1 aromatic rings. The molecule has 0 unspecified atom stereocenters. The van der Waals surface area contributed by atoms with E-state index in [1.807, 2.05) is 30.8 Å². The Morgan fingerprint density at radius 3 is 2.71 bits per heavy atom. The Morgan fingerprint density at radius 2 is 2.12 bits per heavy atom. The molecule has 1 aromatic heterocycles. The van der Waals surface area contributed by atoms with E-state index in [4.69, 9.17) is 0 Å². The molecule has 1 N–H and O–H groups in total. The van der Waals surface area contributed by atoms with Crippen molar-refractivity contribution in [2.45, 2.75) is 58.2 Å². The molecule has 1 fully saturated rings. The van der Waals surface area contributed by atoms with Gasteiger partial charge in [-0.1, -0.05) is 0 Å². The fourth-order valence-electron chi connectivity index (χ4n) is 1.99. The molecule has 1 heterocycles. The predicted octanol–water partition coefficient (Wildman–Crippen LogP) is 1.76. The highest BCUT2D eigenvalue weighted by Crippen LogP contribution is 2.18. The lowest BCUT2D eigenvalue weighted by molar-refractivity contribution is 0.525. The summed E-state index contributed by atoms with van der Waals surface area (Å²) in [6.07, 6.45) is 8.69. The van der Waals surface area contributed by atoms with E-state index >= 15 is 0 Å². The number of hydrogen-bond acceptors (Lipinski definition) is 2. The molecule has 0 radical (unpaired) electrons. The zero-order chi connectivity index (χ0) is 12.3. The fourth-order valence-corrected chi connectivity index (χ4v) is 1.99. The first-order valence-corrected chi connectivity index (χ1v) is 6.69. The van der Waals surface area contributed by atoms with E-state index in [1.165, 1.54) is 12.8 Å². The monoisotopic (exact) mass is 237 g/mol. The number of nitrogens with one attached hydrogen (secondary N) is 1. The normalized spacial score (nSPS) is 15.7. The number of rotatable bonds is 7. The molecule has 0 atom stereocenters. The summed E-state index contributed by atoms with van der Waals surface area (Å²) in [7, 11) is 0. The number of aryl methyl sites for hydroxylation is 1. The van der Waals surface area contributed by atoms with Crippen LogP contribution >= 0.6 is 0 Å². The minimum Gasteiger partial charge on any atom is -0.314 e. The number of unbranched alkanes of at least 4 members (excludes halogenated alkanes) is 1. The first-order chi connectivity index (χ1) is 8.18. The molecule has 0 bridgehead atoms. The van der Waals surface area contributed by atoms with Gasteiger partial charge in [0.1, 0.15) is 0 Å². The Morgan fingerprint density at radius 1 is 1.35 bits per heavy atom. The third-order valence-corrected chi connectivity index (χ3v) is 3.27. The SMILES string of the molecule is CC(C)n1ccn(CCCCNC2CC2)c1=O. The third-order valence-electron chi connectivity index (χ3n) is 3.27. The van der Waals surface area contributed by atoms with Crippen molar-refractivity contribution in [2.24, 2.45) is 0 Å². The van der Waals surface area contributed by atoms with Gasteiger partial charge in [0.05, 0.1) is 0 Å². The van der Waals surface area contributed by atoms with Gasteiger partial charge in [0.2, 0.25) is 0 Å². The number of nitrogens with zero attached hydrogens (tertiary/aromatic N) is 2. The average molecular weight is 237 g/mol. The first-order valence-electron chi connectivity index (χ1n) is 6.69. The molecule has 0 amide bonds. The third kappa shape index (κ3) is 3.46. The van der Waals surface area contributed by atoms with Gasteiger partial charge in [-0.25, -0.2) is 4.79 Å². The summed E-state index contributed by atoms with van der Waals surface area (Å²) in [5, 5.41) is 3.49. The maximum absolute atomic E-state index is 11.9. The van der Waals surface area contributed by atoms with Crippen LogP contribution in [0.5, 0.6) is 0 Å². The number of hydrogen-bond donors (Lipinski definition) is 1. The van der Waals surface area contributed by atoms with Crippen LogP contribution < -0.4 is 11.0 Å². The van der Waals surface area contributed by atoms with Crippen LogP contribution in [0.2, 0.25) is 0 Å². The maximum atomic E-state index is 11.9. The highest BCUT2D eigenvalue weighted by Gasteiger charge is 2.19. The zero-order valence-corrected chi connectivity index (χ0v) is 10.9. The molecule has 0 aromatic carbocycles. The highest BCUT2D eigenvalue weighted by atomic mass is 16.1. The molecule has 0 spiro atoms. The van der Waals surface area contributed by atoms with Crippen LogP contribution in [-0.2, 0) is 6.54 Å². The molecular formula is C13H23N3O. The average Bonchev–Trinajstić information content (AvgIpc) is 3.03. The van der Waals surface area contributed by atoms with Gasteiger partial charge in [0.15, 0.2) is 0 Å². The molecule has 0 aliphatic heterocycles. The van der Waals surface area contributed by atoms with Gasteiger partial charge in [-0.15, -0.1) is 0 Å². The Balaban J connectivity index is 1.72. The number of imidazole rings is 1. The van der Waals surface area contributed by atoms with Gasteiger partial charge in [0.25, 0.3) is 0 Å². The van der Waals surface area contributed by atoms with Crippen LogP contribution in [-0.4, -0.2) is 21.7 Å². The Kier molecular flexibility index (Phi) is 4.05. The van der Waals surface area contributed by atoms with Crippen molar-refractivity contribution in [3.63, 3.8) is 0 Å². The van der Waals surface area contributed by atoms with E-state index in [0.717, 1.165) is 32.0 Å². The Bertz CT molecular complexity index is 401. The lowest BCUT2D eigenvalue weighted by Gasteiger charge is -2.05. The Labute approximate surface area is 103 Å². The zero-order valence-electron chi connectivity index (χ0n) is 10.9. The Hall–Kier alpha value is -1.03. The minimum atomic E-state index is 0.121. The second-order valence-corrected chi connectivity index (χ2v) is 5.21. The van der Waals surface area contributed by atoms with E-state index in [-0.39, 0.29) is 11.7 Å². The summed E-state index contributed by atoms with van der Waals surface area (Å²) in [5.41, 5.74) is 0.121. The molecule has 0 saturated heterocycles. The van der Waals surface area contributed by atoms with E-state index in [9.17, 15) is 4.79 Å². The lowest BCUT2D eigenvalue weighted by atomic mass is 10.3. The molecule has 2 rings (SSSR count). The highest BCUT2D eigenvalue weighted by molar-refractivity contribution is 4.84. The second-order valence-electron chi connectivity index (χ2n) is 5.21. The topological polar surface area (TPSA) is 39.0 Å². The summed E-state index contributed by atoms with van der Waals surface area (Å²) in [4.78, 5) is 11.9. The van der Waals surface area contributed by atoms with E-state index in [1.54, 1.807) is 4.57 Å². The van der Waals surface area contributed by atoms with E-state index < -0.39 is 0 Å². The van der Waals surface area contributed by atoms with E-state index in [0.29, 0.717) is 0 Å². The quantitative estimate of drug-likeness (QED) is 0.734. The molecule has 1 aliphatic rings. The van der Waals surface area contributed by atoms with Gasteiger partial charge in [-0.05, 0) is 46.1 Å². The summed E-state index contributed by atoms with van der Waals surface area (Å²) in [6, 6.07) is 1.04. The standard InChI is InChI=1S/C13H23N3O/c1-11(2)16-10-9-15(13(16)17)8-4-3-7-14-12-5-6-12/h9-12,14H,3-8H2,1-2H3. The van der Waals surface area contributed by atoms with Crippen molar-refractivity contribution in [3.05, 3.63) is 22.9 Å². The maximum Gasteiger partial charge on any atom is 0.328 e. The molecular weight excluding hydrogens is 214 g/mol. The molecule has 4 heteroatoms. The largest absolute Gasteiger partial charge is 0.328 e. The predicted molar refractivity (Wildman–Crippen MR) is 69.3 cm³/mol. The van der Waals surface area contributed by atoms with E-state index in [2.05, 4.69) is 5.32 Å². The smallest absolute Gasteiger partial charge is 0.314 e. The molecule has 96 valence electrons. The molecule has 17 heavy (non-hydrogen) atoms. The van der Waals surface area contributed by atoms with Crippen LogP contribution in [0.4, 0.5) is 0 Å². The van der Waals surface area contributed by atoms with Crippen LogP contribution in [0.3, 0.4) is 0 Å². The van der Waals surface area contributed by atoms with Gasteiger partial charge in [-0.3, -0.25) is 9.13 Å². The van der Waals surface area contributed by atoms with Crippen molar-refractivity contribution < 1.29 is 0 Å². The first kappa shape index (κ1) is 12.4. The van der Waals surface area contributed by atoms with Gasteiger partial charge < -0.3 is 5.32 Å². The van der Waals surface area contributed by atoms with Gasteiger partial charge in [0, 0.05) is 31.0 Å². The van der Waals surface area contributed by atoms with Crippen molar-refractivity contribution in [2.75, 3.05) is 6.54 Å². The van der Waals surface area contributed by atoms with Crippen LogP contribution in [0.1, 0.15) is 45.6 Å². The summed E-state index contributed by atoms with van der Waals surface area (Å²) in [6.45, 7) is 5.99. The summed E-state index contributed by atoms with van der Waals surface area (Å²) in [5.74, 6) is 0. The molecule has 1 saturated carbocycles. The molecule has 4 nitrogen and oxygen atoms in total. The van der Waals surface area contributed by atoms with Gasteiger partial charge in [-0.2, -0.15) is 0 Å².